The van der Waals surface area contributed by atoms with E-state index in [0.717, 1.165) is 13.0 Å². The van der Waals surface area contributed by atoms with Crippen LogP contribution in [-0.2, 0) is 0 Å². The van der Waals surface area contributed by atoms with Gasteiger partial charge < -0.3 is 5.73 Å². The molecule has 0 radical (unpaired) electrons. The summed E-state index contributed by atoms with van der Waals surface area (Å²) in [6, 6.07) is 5.46. The van der Waals surface area contributed by atoms with Crippen LogP contribution in [0.5, 0.6) is 0 Å². The summed E-state index contributed by atoms with van der Waals surface area (Å²) in [5.74, 6) is 0. The number of likely N-dealkylation sites (tertiary alicyclic amines) is 1. The molecule has 20 heavy (non-hydrogen) atoms. The molecule has 1 saturated heterocycles. The summed E-state index contributed by atoms with van der Waals surface area (Å²) in [5, 5.41) is 0. The molecule has 0 aromatic carbocycles. The van der Waals surface area contributed by atoms with Gasteiger partial charge in [-0.15, -0.1) is 0 Å². The number of hydrogen-bond donors (Lipinski definition) is 1. The van der Waals surface area contributed by atoms with E-state index in [1.807, 2.05) is 12.4 Å². The van der Waals surface area contributed by atoms with Crippen molar-refractivity contribution >= 4 is 0 Å². The van der Waals surface area contributed by atoms with Gasteiger partial charge in [-0.3, -0.25) is 9.88 Å². The molecule has 1 fully saturated rings. The molecule has 2 N–H and O–H groups in total. The van der Waals surface area contributed by atoms with Crippen molar-refractivity contribution in [2.45, 2.75) is 65.1 Å². The molecule has 2 heterocycles. The Morgan fingerprint density at radius 3 is 2.55 bits per heavy atom. The fourth-order valence-electron chi connectivity index (χ4n) is 3.67. The maximum Gasteiger partial charge on any atom is 0.0353 e. The summed E-state index contributed by atoms with van der Waals surface area (Å²) in [5.41, 5.74) is 8.05. The van der Waals surface area contributed by atoms with Gasteiger partial charge in [0.05, 0.1) is 0 Å². The number of aromatic nitrogens is 1. The normalized spacial score (nSPS) is 23.8. The van der Waals surface area contributed by atoms with Crippen molar-refractivity contribution in [1.82, 2.24) is 9.88 Å². The molecule has 3 atom stereocenters. The van der Waals surface area contributed by atoms with Crippen molar-refractivity contribution in [3.8, 4) is 0 Å². The summed E-state index contributed by atoms with van der Waals surface area (Å²) >= 11 is 0. The Hall–Kier alpha value is -0.930. The first-order chi connectivity index (χ1) is 9.45. The Balaban J connectivity index is 2.28. The van der Waals surface area contributed by atoms with Crippen LogP contribution in [0.25, 0.3) is 0 Å². The van der Waals surface area contributed by atoms with E-state index < -0.39 is 0 Å². The SMILES string of the molecule is CCC(N)C(N1CCCC1c1ccncc1)C(C)(C)C. The minimum atomic E-state index is 0.199. The Kier molecular flexibility index (Phi) is 4.82. The third-order valence-corrected chi connectivity index (χ3v) is 4.51. The van der Waals surface area contributed by atoms with Crippen LogP contribution in [0.1, 0.15) is 58.6 Å². The highest BCUT2D eigenvalue weighted by atomic mass is 15.2. The van der Waals surface area contributed by atoms with Gasteiger partial charge in [-0.1, -0.05) is 27.7 Å². The van der Waals surface area contributed by atoms with Crippen molar-refractivity contribution in [2.24, 2.45) is 11.1 Å². The van der Waals surface area contributed by atoms with Crippen LogP contribution in [-0.4, -0.2) is 28.5 Å². The van der Waals surface area contributed by atoms with E-state index in [1.54, 1.807) is 0 Å². The van der Waals surface area contributed by atoms with Crippen molar-refractivity contribution < 1.29 is 0 Å². The summed E-state index contributed by atoms with van der Waals surface area (Å²) in [7, 11) is 0. The maximum absolute atomic E-state index is 6.47. The molecule has 3 heteroatoms. The highest BCUT2D eigenvalue weighted by Crippen LogP contribution is 2.39. The summed E-state index contributed by atoms with van der Waals surface area (Å²) < 4.78 is 0. The molecule has 0 bridgehead atoms. The molecular formula is C17H29N3. The molecule has 1 aromatic heterocycles. The summed E-state index contributed by atoms with van der Waals surface area (Å²) in [6.45, 7) is 10.3. The topological polar surface area (TPSA) is 42.1 Å². The minimum Gasteiger partial charge on any atom is -0.326 e. The van der Waals surface area contributed by atoms with E-state index in [1.165, 1.54) is 18.4 Å². The van der Waals surface area contributed by atoms with Gasteiger partial charge in [0.25, 0.3) is 0 Å². The van der Waals surface area contributed by atoms with Crippen LogP contribution in [0.15, 0.2) is 24.5 Å². The van der Waals surface area contributed by atoms with Crippen molar-refractivity contribution in [1.29, 1.82) is 0 Å². The minimum absolute atomic E-state index is 0.199. The van der Waals surface area contributed by atoms with Crippen LogP contribution in [0.3, 0.4) is 0 Å². The largest absolute Gasteiger partial charge is 0.326 e. The van der Waals surface area contributed by atoms with Crippen LogP contribution in [0.4, 0.5) is 0 Å². The average Bonchev–Trinajstić information content (AvgIpc) is 2.87. The number of pyridine rings is 1. The lowest BCUT2D eigenvalue weighted by atomic mass is 9.80. The molecule has 0 spiro atoms. The second kappa shape index (κ2) is 6.23. The van der Waals surface area contributed by atoms with Gasteiger partial charge in [0.15, 0.2) is 0 Å². The fourth-order valence-corrected chi connectivity index (χ4v) is 3.67. The van der Waals surface area contributed by atoms with Crippen molar-refractivity contribution in [2.75, 3.05) is 6.54 Å². The monoisotopic (exact) mass is 275 g/mol. The summed E-state index contributed by atoms with van der Waals surface area (Å²) in [6.07, 6.45) is 7.32. The molecule has 1 aliphatic heterocycles. The fraction of sp³-hybridized carbons (Fsp3) is 0.706. The van der Waals surface area contributed by atoms with Crippen LogP contribution < -0.4 is 5.73 Å². The van der Waals surface area contributed by atoms with Crippen LogP contribution in [0, 0.1) is 5.41 Å². The quantitative estimate of drug-likeness (QED) is 0.916. The predicted molar refractivity (Wildman–Crippen MR) is 84.4 cm³/mol. The Bertz CT molecular complexity index is 410. The van der Waals surface area contributed by atoms with E-state index >= 15 is 0 Å². The lowest BCUT2D eigenvalue weighted by Gasteiger charge is -2.44. The molecule has 1 aliphatic rings. The lowest BCUT2D eigenvalue weighted by molar-refractivity contribution is 0.0650. The molecule has 1 aromatic rings. The Morgan fingerprint density at radius 1 is 1.35 bits per heavy atom. The molecule has 3 nitrogen and oxygen atoms in total. The van der Waals surface area contributed by atoms with Gasteiger partial charge in [0.2, 0.25) is 0 Å². The van der Waals surface area contributed by atoms with Gasteiger partial charge >= 0.3 is 0 Å². The second-order valence-corrected chi connectivity index (χ2v) is 7.06. The lowest BCUT2D eigenvalue weighted by Crippen LogP contribution is -2.54. The van der Waals surface area contributed by atoms with Crippen molar-refractivity contribution in [3.05, 3.63) is 30.1 Å². The molecule has 0 saturated carbocycles. The zero-order chi connectivity index (χ0) is 14.8. The van der Waals surface area contributed by atoms with Gasteiger partial charge in [0, 0.05) is 30.5 Å². The van der Waals surface area contributed by atoms with Gasteiger partial charge in [-0.05, 0) is 48.9 Å². The highest BCUT2D eigenvalue weighted by molar-refractivity contribution is 5.17. The van der Waals surface area contributed by atoms with Gasteiger partial charge in [-0.25, -0.2) is 0 Å². The number of hydrogen-bond acceptors (Lipinski definition) is 3. The smallest absolute Gasteiger partial charge is 0.0353 e. The summed E-state index contributed by atoms with van der Waals surface area (Å²) in [4.78, 5) is 6.79. The van der Waals surface area contributed by atoms with Gasteiger partial charge in [0.1, 0.15) is 0 Å². The molecule has 3 unspecified atom stereocenters. The van der Waals surface area contributed by atoms with E-state index in [0.29, 0.717) is 12.1 Å². The first-order valence-corrected chi connectivity index (χ1v) is 7.86. The first-order valence-electron chi connectivity index (χ1n) is 7.86. The van der Waals surface area contributed by atoms with E-state index in [9.17, 15) is 0 Å². The second-order valence-electron chi connectivity index (χ2n) is 7.06. The predicted octanol–water partition coefficient (Wildman–Crippen LogP) is 3.37. The average molecular weight is 275 g/mol. The molecule has 2 rings (SSSR count). The van der Waals surface area contributed by atoms with E-state index in [-0.39, 0.29) is 11.5 Å². The molecule has 0 amide bonds. The number of nitrogens with two attached hydrogens (primary N) is 1. The van der Waals surface area contributed by atoms with Crippen LogP contribution >= 0.6 is 0 Å². The van der Waals surface area contributed by atoms with E-state index in [4.69, 9.17) is 5.73 Å². The van der Waals surface area contributed by atoms with E-state index in [2.05, 4.69) is 49.7 Å². The maximum atomic E-state index is 6.47. The molecule has 112 valence electrons. The first kappa shape index (κ1) is 15.5. The number of nitrogens with zero attached hydrogens (tertiary/aromatic N) is 2. The standard InChI is InChI=1S/C17H29N3/c1-5-14(18)16(17(2,3)4)20-12-6-7-15(20)13-8-10-19-11-9-13/h8-11,14-16H,5-7,12,18H2,1-4H3. The molecular weight excluding hydrogens is 246 g/mol. The van der Waals surface area contributed by atoms with Crippen LogP contribution in [0.2, 0.25) is 0 Å². The Morgan fingerprint density at radius 2 is 2.00 bits per heavy atom. The Labute approximate surface area is 123 Å². The number of rotatable bonds is 4. The van der Waals surface area contributed by atoms with Crippen molar-refractivity contribution in [3.63, 3.8) is 0 Å². The highest BCUT2D eigenvalue weighted by Gasteiger charge is 2.40. The zero-order valence-corrected chi connectivity index (χ0v) is 13.3. The zero-order valence-electron chi connectivity index (χ0n) is 13.3. The third-order valence-electron chi connectivity index (χ3n) is 4.51. The molecule has 0 aliphatic carbocycles. The third kappa shape index (κ3) is 3.21. The van der Waals surface area contributed by atoms with Gasteiger partial charge in [-0.2, -0.15) is 0 Å².